The lowest BCUT2D eigenvalue weighted by atomic mass is 9.98. The number of anilines is 1. The van der Waals surface area contributed by atoms with E-state index in [1.165, 1.54) is 5.56 Å². The maximum Gasteiger partial charge on any atom is 0.262 e. The summed E-state index contributed by atoms with van der Waals surface area (Å²) in [7, 11) is 0. The Morgan fingerprint density at radius 3 is 2.58 bits per heavy atom. The van der Waals surface area contributed by atoms with Crippen LogP contribution in [0.25, 0.3) is 22.6 Å². The Bertz CT molecular complexity index is 1290. The van der Waals surface area contributed by atoms with Crippen LogP contribution in [-0.4, -0.2) is 17.5 Å². The number of nitrogens with zero attached hydrogens (tertiary/aromatic N) is 1. The molecule has 1 atom stereocenters. The van der Waals surface area contributed by atoms with Crippen LogP contribution in [0.1, 0.15) is 42.9 Å². The number of nitrogens with one attached hydrogen (secondary N) is 1. The predicted octanol–water partition coefficient (Wildman–Crippen LogP) is 7.30. The summed E-state index contributed by atoms with van der Waals surface area (Å²) in [5, 5.41) is 3.24. The van der Waals surface area contributed by atoms with Gasteiger partial charge < -0.3 is 14.5 Å². The van der Waals surface area contributed by atoms with Gasteiger partial charge in [0.15, 0.2) is 12.2 Å². The maximum absolute atomic E-state index is 12.5. The number of oxazole rings is 1. The van der Waals surface area contributed by atoms with Gasteiger partial charge in [-0.2, -0.15) is 0 Å². The molecule has 1 amide bonds. The number of fused-ring (bicyclic) bond motifs is 1. The first kappa shape index (κ1) is 22.9. The third-order valence-corrected chi connectivity index (χ3v) is 5.98. The molecule has 3 aromatic carbocycles. The molecule has 0 aliphatic heterocycles. The Morgan fingerprint density at radius 2 is 1.85 bits per heavy atom. The van der Waals surface area contributed by atoms with Crippen molar-refractivity contribution in [2.45, 2.75) is 40.0 Å². The average molecular weight is 463 g/mol. The quantitative estimate of drug-likeness (QED) is 0.313. The predicted molar refractivity (Wildman–Crippen MR) is 133 cm³/mol. The Hall–Kier alpha value is -3.31. The molecular weight excluding hydrogens is 436 g/mol. The van der Waals surface area contributed by atoms with Crippen molar-refractivity contribution in [1.82, 2.24) is 4.98 Å². The number of carbonyl (C=O) groups excluding carboxylic acids is 1. The maximum atomic E-state index is 12.5. The van der Waals surface area contributed by atoms with E-state index in [2.05, 4.69) is 42.3 Å². The fourth-order valence-corrected chi connectivity index (χ4v) is 3.88. The molecule has 170 valence electrons. The summed E-state index contributed by atoms with van der Waals surface area (Å²) in [6.07, 6.45) is 1.06. The average Bonchev–Trinajstić information content (AvgIpc) is 3.21. The van der Waals surface area contributed by atoms with Crippen LogP contribution in [0.15, 0.2) is 59.0 Å². The molecule has 1 N–H and O–H groups in total. The Kier molecular flexibility index (Phi) is 6.70. The molecule has 0 aliphatic carbocycles. The molecule has 0 fully saturated rings. The lowest BCUT2D eigenvalue weighted by Gasteiger charge is -2.10. The van der Waals surface area contributed by atoms with Gasteiger partial charge in [0.1, 0.15) is 11.3 Å². The largest absolute Gasteiger partial charge is 0.484 e. The summed E-state index contributed by atoms with van der Waals surface area (Å²) in [6, 6.07) is 17.2. The third kappa shape index (κ3) is 5.37. The monoisotopic (exact) mass is 462 g/mol. The molecule has 4 aromatic rings. The van der Waals surface area contributed by atoms with Crippen molar-refractivity contribution in [1.29, 1.82) is 0 Å². The molecule has 0 aliphatic rings. The van der Waals surface area contributed by atoms with Crippen molar-refractivity contribution in [3.63, 3.8) is 0 Å². The molecule has 6 heteroatoms. The minimum absolute atomic E-state index is 0.120. The summed E-state index contributed by atoms with van der Waals surface area (Å²) in [5.41, 5.74) is 6.13. The van der Waals surface area contributed by atoms with Gasteiger partial charge in [0, 0.05) is 5.56 Å². The Balaban J connectivity index is 1.51. The molecule has 0 saturated carbocycles. The molecule has 0 spiro atoms. The summed E-state index contributed by atoms with van der Waals surface area (Å²) >= 11 is 6.33. The van der Waals surface area contributed by atoms with Crippen LogP contribution in [0.5, 0.6) is 5.75 Å². The van der Waals surface area contributed by atoms with Gasteiger partial charge in [0.05, 0.1) is 10.7 Å². The van der Waals surface area contributed by atoms with Gasteiger partial charge in [-0.1, -0.05) is 37.6 Å². The Morgan fingerprint density at radius 1 is 1.09 bits per heavy atom. The first-order chi connectivity index (χ1) is 15.8. The van der Waals surface area contributed by atoms with E-state index in [4.69, 9.17) is 20.8 Å². The van der Waals surface area contributed by atoms with Crippen molar-refractivity contribution in [2.24, 2.45) is 0 Å². The number of aromatic nitrogens is 1. The number of amides is 1. The first-order valence-electron chi connectivity index (χ1n) is 11.0. The smallest absolute Gasteiger partial charge is 0.262 e. The third-order valence-electron chi connectivity index (χ3n) is 5.65. The number of halogens is 1. The molecule has 4 rings (SSSR count). The van der Waals surface area contributed by atoms with Gasteiger partial charge in [-0.25, -0.2) is 4.98 Å². The summed E-state index contributed by atoms with van der Waals surface area (Å²) < 4.78 is 11.6. The lowest BCUT2D eigenvalue weighted by Crippen LogP contribution is -2.20. The van der Waals surface area contributed by atoms with E-state index in [0.29, 0.717) is 28.3 Å². The van der Waals surface area contributed by atoms with Crippen molar-refractivity contribution in [3.05, 3.63) is 76.3 Å². The first-order valence-corrected chi connectivity index (χ1v) is 11.4. The molecule has 0 unspecified atom stereocenters. The van der Waals surface area contributed by atoms with Crippen molar-refractivity contribution >= 4 is 34.3 Å². The highest BCUT2D eigenvalue weighted by molar-refractivity contribution is 6.33. The highest BCUT2D eigenvalue weighted by Crippen LogP contribution is 2.32. The number of ether oxygens (including phenoxy) is 1. The van der Waals surface area contributed by atoms with E-state index in [1.54, 1.807) is 12.1 Å². The van der Waals surface area contributed by atoms with Crippen molar-refractivity contribution < 1.29 is 13.9 Å². The zero-order chi connectivity index (χ0) is 23.5. The molecule has 0 bridgehead atoms. The van der Waals surface area contributed by atoms with Crippen LogP contribution in [0.4, 0.5) is 5.69 Å². The number of aryl methyl sites for hydroxylation is 2. The molecule has 0 saturated heterocycles. The van der Waals surface area contributed by atoms with Crippen LogP contribution in [-0.2, 0) is 4.79 Å². The number of benzene rings is 3. The second-order valence-electron chi connectivity index (χ2n) is 8.41. The number of hydrogen-bond acceptors (Lipinski definition) is 4. The van der Waals surface area contributed by atoms with E-state index >= 15 is 0 Å². The molecule has 33 heavy (non-hydrogen) atoms. The van der Waals surface area contributed by atoms with Gasteiger partial charge >= 0.3 is 0 Å². The van der Waals surface area contributed by atoms with Crippen LogP contribution in [0, 0.1) is 13.8 Å². The fourth-order valence-electron chi connectivity index (χ4n) is 3.72. The van der Waals surface area contributed by atoms with Crippen molar-refractivity contribution in [3.8, 4) is 17.2 Å². The van der Waals surface area contributed by atoms with E-state index in [0.717, 1.165) is 34.2 Å². The van der Waals surface area contributed by atoms with Gasteiger partial charge in [0.2, 0.25) is 5.89 Å². The fraction of sp³-hybridized carbons (Fsp3) is 0.259. The Labute approximate surface area is 198 Å². The summed E-state index contributed by atoms with van der Waals surface area (Å²) in [6.45, 7) is 8.22. The minimum atomic E-state index is -0.302. The number of rotatable bonds is 7. The molecule has 1 heterocycles. The SMILES string of the molecule is CC[C@H](C)c1ccc2oc(-c3ccc(Cl)c(NC(=O)COc4cc(C)cc(C)c4)c3)nc2c1. The van der Waals surface area contributed by atoms with Crippen LogP contribution in [0.3, 0.4) is 0 Å². The molecule has 5 nitrogen and oxygen atoms in total. The van der Waals surface area contributed by atoms with Gasteiger partial charge in [-0.05, 0) is 85.3 Å². The van der Waals surface area contributed by atoms with Gasteiger partial charge in [-0.3, -0.25) is 4.79 Å². The van der Waals surface area contributed by atoms with Crippen LogP contribution < -0.4 is 10.1 Å². The van der Waals surface area contributed by atoms with Crippen LogP contribution >= 0.6 is 11.6 Å². The second-order valence-corrected chi connectivity index (χ2v) is 8.82. The van der Waals surface area contributed by atoms with E-state index in [-0.39, 0.29) is 12.5 Å². The summed E-state index contributed by atoms with van der Waals surface area (Å²) in [4.78, 5) is 17.1. The normalized spacial score (nSPS) is 12.0. The minimum Gasteiger partial charge on any atom is -0.484 e. The molecule has 0 radical (unpaired) electrons. The summed E-state index contributed by atoms with van der Waals surface area (Å²) in [5.74, 6) is 1.29. The standard InChI is InChI=1S/C27H27ClN2O3/c1-5-18(4)19-7-9-25-24(13-19)30-27(33-25)20-6-8-22(28)23(14-20)29-26(31)15-32-21-11-16(2)10-17(3)12-21/h6-14,18H,5,15H2,1-4H3,(H,29,31)/t18-/m0/s1. The van der Waals surface area contributed by atoms with Crippen molar-refractivity contribution in [2.75, 3.05) is 11.9 Å². The number of carbonyl (C=O) groups is 1. The van der Waals surface area contributed by atoms with Crippen LogP contribution in [0.2, 0.25) is 5.02 Å². The highest BCUT2D eigenvalue weighted by Gasteiger charge is 2.14. The van der Waals surface area contributed by atoms with E-state index in [1.807, 2.05) is 38.1 Å². The molecular formula is C27H27ClN2O3. The number of hydrogen-bond donors (Lipinski definition) is 1. The van der Waals surface area contributed by atoms with Gasteiger partial charge in [0.25, 0.3) is 5.91 Å². The van der Waals surface area contributed by atoms with E-state index in [9.17, 15) is 4.79 Å². The molecule has 1 aromatic heterocycles. The lowest BCUT2D eigenvalue weighted by molar-refractivity contribution is -0.118. The second kappa shape index (κ2) is 9.67. The zero-order valence-electron chi connectivity index (χ0n) is 19.2. The van der Waals surface area contributed by atoms with E-state index < -0.39 is 0 Å². The topological polar surface area (TPSA) is 64.4 Å². The highest BCUT2D eigenvalue weighted by atomic mass is 35.5. The van der Waals surface area contributed by atoms with Gasteiger partial charge in [-0.15, -0.1) is 0 Å². The zero-order valence-corrected chi connectivity index (χ0v) is 20.0.